The summed E-state index contributed by atoms with van der Waals surface area (Å²) in [4.78, 5) is 32.8. The smallest absolute Gasteiger partial charge is 0.224 e. The zero-order valence-corrected chi connectivity index (χ0v) is 19.9. The fraction of sp³-hybridized carbons (Fsp3) is 0.154. The first-order valence-electron chi connectivity index (χ1n) is 11.6. The van der Waals surface area contributed by atoms with Crippen LogP contribution in [0, 0.1) is 11.7 Å². The molecule has 1 amide bonds. The lowest BCUT2D eigenvalue weighted by molar-refractivity contribution is -0.116. The number of hydrogen-bond donors (Lipinski definition) is 3. The lowest BCUT2D eigenvalue weighted by atomic mass is 10.1. The first-order valence-corrected chi connectivity index (χ1v) is 11.6. The van der Waals surface area contributed by atoms with E-state index in [9.17, 15) is 4.79 Å². The molecule has 0 aromatic carbocycles. The maximum atomic E-state index is 16.0. The molecule has 6 aromatic rings. The maximum absolute atomic E-state index is 16.0. The van der Waals surface area contributed by atoms with Crippen LogP contribution in [0.5, 0.6) is 0 Å². The second-order valence-corrected chi connectivity index (χ2v) is 9.04. The van der Waals surface area contributed by atoms with Gasteiger partial charge >= 0.3 is 0 Å². The lowest BCUT2D eigenvalue weighted by Crippen LogP contribution is -2.14. The van der Waals surface area contributed by atoms with Crippen molar-refractivity contribution < 1.29 is 13.6 Å². The maximum Gasteiger partial charge on any atom is 0.224 e. The van der Waals surface area contributed by atoms with E-state index in [1.165, 1.54) is 18.6 Å². The van der Waals surface area contributed by atoms with E-state index in [1.54, 1.807) is 24.8 Å². The van der Waals surface area contributed by atoms with Crippen molar-refractivity contribution >= 4 is 33.7 Å². The van der Waals surface area contributed by atoms with Crippen molar-refractivity contribution in [2.45, 2.75) is 20.3 Å². The molecular formula is C26H21FN8O2. The number of carbonyl (C=O) groups excluding carboxylic acids is 1. The number of nitrogens with zero attached hydrogens (tertiary/aromatic N) is 5. The summed E-state index contributed by atoms with van der Waals surface area (Å²) in [6.45, 7) is 3.92. The molecule has 0 aliphatic carbocycles. The summed E-state index contributed by atoms with van der Waals surface area (Å²) in [5, 5.41) is 10.2. The number of rotatable bonds is 6. The zero-order chi connectivity index (χ0) is 25.5. The average Bonchev–Trinajstić information content (AvgIpc) is 3.62. The first-order chi connectivity index (χ1) is 18.0. The van der Waals surface area contributed by atoms with Crippen LogP contribution in [0.4, 0.5) is 10.1 Å². The summed E-state index contributed by atoms with van der Waals surface area (Å²) < 4.78 is 21.2. The fourth-order valence-electron chi connectivity index (χ4n) is 4.25. The molecule has 0 fully saturated rings. The van der Waals surface area contributed by atoms with E-state index in [2.05, 4.69) is 40.4 Å². The van der Waals surface area contributed by atoms with Gasteiger partial charge in [-0.3, -0.25) is 19.9 Å². The van der Waals surface area contributed by atoms with Crippen molar-refractivity contribution in [3.05, 3.63) is 61.3 Å². The second-order valence-electron chi connectivity index (χ2n) is 9.04. The zero-order valence-electron chi connectivity index (χ0n) is 19.9. The first kappa shape index (κ1) is 22.5. The Bertz CT molecular complexity index is 1750. The number of imidazole rings is 1. The summed E-state index contributed by atoms with van der Waals surface area (Å²) in [6.07, 6.45) is 9.76. The van der Waals surface area contributed by atoms with Crippen molar-refractivity contribution in [1.82, 2.24) is 35.1 Å². The van der Waals surface area contributed by atoms with Crippen molar-refractivity contribution in [3.63, 3.8) is 0 Å². The van der Waals surface area contributed by atoms with Crippen molar-refractivity contribution in [1.29, 1.82) is 0 Å². The van der Waals surface area contributed by atoms with Gasteiger partial charge in [-0.2, -0.15) is 5.10 Å². The van der Waals surface area contributed by atoms with Crippen molar-refractivity contribution in [2.24, 2.45) is 5.92 Å². The highest BCUT2D eigenvalue weighted by atomic mass is 19.1. The van der Waals surface area contributed by atoms with Crippen molar-refractivity contribution in [3.8, 4) is 33.9 Å². The number of H-pyrrole nitrogens is 2. The van der Waals surface area contributed by atoms with Gasteiger partial charge in [0.2, 0.25) is 5.91 Å². The second kappa shape index (κ2) is 8.94. The Morgan fingerprint density at radius 2 is 2.03 bits per heavy atom. The lowest BCUT2D eigenvalue weighted by Gasteiger charge is -2.09. The van der Waals surface area contributed by atoms with Gasteiger partial charge < -0.3 is 14.7 Å². The molecule has 11 heteroatoms. The van der Waals surface area contributed by atoms with E-state index in [0.29, 0.717) is 45.9 Å². The molecule has 184 valence electrons. The molecule has 0 atom stereocenters. The van der Waals surface area contributed by atoms with Crippen LogP contribution in [-0.2, 0) is 4.79 Å². The molecular weight excluding hydrogens is 475 g/mol. The molecule has 6 rings (SSSR count). The number of nitrogens with one attached hydrogen (secondary N) is 3. The Morgan fingerprint density at radius 1 is 1.14 bits per heavy atom. The molecule has 0 aliphatic rings. The highest BCUT2D eigenvalue weighted by Crippen LogP contribution is 2.34. The summed E-state index contributed by atoms with van der Waals surface area (Å²) in [7, 11) is 0. The minimum absolute atomic E-state index is 0.0796. The highest BCUT2D eigenvalue weighted by Gasteiger charge is 2.22. The Kier molecular flexibility index (Phi) is 5.44. The minimum Gasteiger partial charge on any atom is -0.472 e. The summed E-state index contributed by atoms with van der Waals surface area (Å²) in [5.41, 5.74) is 4.52. The predicted octanol–water partition coefficient (Wildman–Crippen LogP) is 5.34. The van der Waals surface area contributed by atoms with Crippen LogP contribution in [0.3, 0.4) is 0 Å². The van der Waals surface area contributed by atoms with Gasteiger partial charge in [0.25, 0.3) is 0 Å². The molecule has 0 aliphatic heterocycles. The minimum atomic E-state index is -0.586. The summed E-state index contributed by atoms with van der Waals surface area (Å²) >= 11 is 0. The molecule has 10 nitrogen and oxygen atoms in total. The van der Waals surface area contributed by atoms with Gasteiger partial charge in [0, 0.05) is 35.5 Å². The van der Waals surface area contributed by atoms with Crippen LogP contribution in [0.15, 0.2) is 59.9 Å². The molecule has 0 saturated carbocycles. The molecule has 0 saturated heterocycles. The van der Waals surface area contributed by atoms with Crippen LogP contribution < -0.4 is 5.32 Å². The number of fused-ring (bicyclic) bond motifs is 2. The highest BCUT2D eigenvalue weighted by molar-refractivity contribution is 5.97. The normalized spacial score (nSPS) is 11.6. The number of carbonyl (C=O) groups is 1. The number of pyridine rings is 3. The number of aromatic nitrogens is 7. The van der Waals surface area contributed by atoms with Crippen LogP contribution >= 0.6 is 0 Å². The van der Waals surface area contributed by atoms with Crippen LogP contribution in [0.25, 0.3) is 56.0 Å². The third kappa shape index (κ3) is 4.10. The van der Waals surface area contributed by atoms with E-state index < -0.39 is 5.82 Å². The van der Waals surface area contributed by atoms with Crippen LogP contribution in [0.2, 0.25) is 0 Å². The number of aromatic amines is 2. The standard InChI is InChI=1S/C26H21FN8O2/c1-13(2)7-19(36)31-16-8-15(9-28-10-16)22-21(27)20-18(11-30-22)34-35-24(20)26-32-23-17(14-4-6-37-12-14)3-5-29-25(23)33-26/h3-6,8-13H,7H2,1-2H3,(H,31,36)(H,34,35)(H,29,32,33). The van der Waals surface area contributed by atoms with E-state index in [0.717, 1.165) is 11.1 Å². The third-order valence-corrected chi connectivity index (χ3v) is 5.88. The number of furan rings is 1. The monoisotopic (exact) mass is 496 g/mol. The molecule has 3 N–H and O–H groups in total. The molecule has 0 unspecified atom stereocenters. The summed E-state index contributed by atoms with van der Waals surface area (Å²) in [6, 6.07) is 5.33. The van der Waals surface area contributed by atoms with Gasteiger partial charge in [-0.15, -0.1) is 0 Å². The predicted molar refractivity (Wildman–Crippen MR) is 136 cm³/mol. The molecule has 6 aromatic heterocycles. The molecule has 37 heavy (non-hydrogen) atoms. The number of hydrogen-bond acceptors (Lipinski definition) is 7. The average molecular weight is 497 g/mol. The summed E-state index contributed by atoms with van der Waals surface area (Å²) in [5.74, 6) is -0.157. The number of anilines is 1. The number of halogens is 1. The molecule has 6 heterocycles. The van der Waals surface area contributed by atoms with Gasteiger partial charge in [0.15, 0.2) is 17.3 Å². The van der Waals surface area contributed by atoms with E-state index >= 15 is 4.39 Å². The SMILES string of the molecule is CC(C)CC(=O)Nc1cncc(-c2ncc3[nH]nc(-c4nc5nccc(-c6ccoc6)c5[nH]4)c3c2F)c1. The third-order valence-electron chi connectivity index (χ3n) is 5.88. The van der Waals surface area contributed by atoms with E-state index in [4.69, 9.17) is 4.42 Å². The Morgan fingerprint density at radius 3 is 2.84 bits per heavy atom. The fourth-order valence-corrected chi connectivity index (χ4v) is 4.25. The van der Waals surface area contributed by atoms with Gasteiger partial charge in [0.05, 0.1) is 47.0 Å². The van der Waals surface area contributed by atoms with Gasteiger partial charge in [-0.05, 0) is 24.1 Å². The topological polar surface area (TPSA) is 138 Å². The van der Waals surface area contributed by atoms with Crippen LogP contribution in [-0.4, -0.2) is 41.0 Å². The van der Waals surface area contributed by atoms with E-state index in [-0.39, 0.29) is 22.9 Å². The van der Waals surface area contributed by atoms with Crippen molar-refractivity contribution in [2.75, 3.05) is 5.32 Å². The quantitative estimate of drug-likeness (QED) is 0.283. The molecule has 0 bridgehead atoms. The largest absolute Gasteiger partial charge is 0.472 e. The van der Waals surface area contributed by atoms with Gasteiger partial charge in [-0.25, -0.2) is 14.4 Å². The van der Waals surface area contributed by atoms with Gasteiger partial charge in [0.1, 0.15) is 11.4 Å². The Balaban J connectivity index is 1.42. The van der Waals surface area contributed by atoms with Crippen LogP contribution in [0.1, 0.15) is 20.3 Å². The molecule has 0 radical (unpaired) electrons. The van der Waals surface area contributed by atoms with E-state index in [1.807, 2.05) is 26.0 Å². The Labute approximate surface area is 209 Å². The molecule has 0 spiro atoms. The Hall–Kier alpha value is -4.93. The van der Waals surface area contributed by atoms with Gasteiger partial charge in [-0.1, -0.05) is 13.8 Å². The number of amides is 1.